The first-order valence-electron chi connectivity index (χ1n) is 10.2. The number of pyridine rings is 2. The maximum atomic E-state index is 5.14. The Balaban J connectivity index is 0.000000177. The number of ether oxygens (including phenoxy) is 1. The first kappa shape index (κ1) is 20.3. The molecule has 3 heteroatoms. The fraction of sp³-hybridized carbons (Fsp3) is 0.0714. The minimum absolute atomic E-state index is 0.867. The van der Waals surface area contributed by atoms with Crippen LogP contribution < -0.4 is 4.74 Å². The lowest BCUT2D eigenvalue weighted by Gasteiger charge is -2.00. The van der Waals surface area contributed by atoms with Crippen LogP contribution in [0.4, 0.5) is 0 Å². The van der Waals surface area contributed by atoms with Gasteiger partial charge in [-0.2, -0.15) is 0 Å². The molecule has 0 saturated carbocycles. The number of benzene rings is 3. The summed E-state index contributed by atoms with van der Waals surface area (Å²) in [6.07, 6.45) is 4.07. The number of nitrogens with zero attached hydrogens (tertiary/aromatic N) is 2. The number of para-hydroxylation sites is 2. The summed E-state index contributed by atoms with van der Waals surface area (Å²) in [5, 5.41) is 2.37. The van der Waals surface area contributed by atoms with Crippen molar-refractivity contribution >= 4 is 34.0 Å². The molecule has 31 heavy (non-hydrogen) atoms. The molecule has 2 aromatic heterocycles. The fourth-order valence-electron chi connectivity index (χ4n) is 3.24. The Hall–Kier alpha value is -3.98. The maximum absolute atomic E-state index is 5.14. The number of methoxy groups -OCH3 is 1. The van der Waals surface area contributed by atoms with E-state index in [2.05, 4.69) is 40.3 Å². The number of fused-ring (bicyclic) bond motifs is 2. The molecule has 0 unspecified atom stereocenters. The Morgan fingerprint density at radius 1 is 0.613 bits per heavy atom. The van der Waals surface area contributed by atoms with E-state index in [9.17, 15) is 0 Å². The van der Waals surface area contributed by atoms with Crippen LogP contribution in [0.1, 0.15) is 17.0 Å². The molecule has 5 aromatic rings. The van der Waals surface area contributed by atoms with Crippen LogP contribution in [-0.2, 0) is 0 Å². The van der Waals surface area contributed by atoms with Crippen molar-refractivity contribution in [3.8, 4) is 5.75 Å². The molecule has 152 valence electrons. The van der Waals surface area contributed by atoms with E-state index in [0.717, 1.165) is 39.1 Å². The average molecular weight is 405 g/mol. The highest BCUT2D eigenvalue weighted by molar-refractivity contribution is 5.81. The molecule has 2 heterocycles. The minimum Gasteiger partial charge on any atom is -0.497 e. The Morgan fingerprint density at radius 3 is 1.90 bits per heavy atom. The Kier molecular flexibility index (Phi) is 6.34. The molecule has 0 saturated heterocycles. The zero-order valence-corrected chi connectivity index (χ0v) is 17.7. The van der Waals surface area contributed by atoms with Crippen molar-refractivity contribution in [3.63, 3.8) is 0 Å². The van der Waals surface area contributed by atoms with Crippen molar-refractivity contribution in [1.29, 1.82) is 0 Å². The second-order valence-corrected chi connectivity index (χ2v) is 7.18. The molecule has 0 amide bonds. The number of aromatic nitrogens is 2. The number of rotatable bonds is 3. The summed E-state index contributed by atoms with van der Waals surface area (Å²) in [6, 6.07) is 32.5. The van der Waals surface area contributed by atoms with Crippen LogP contribution in [-0.4, -0.2) is 17.1 Å². The largest absolute Gasteiger partial charge is 0.497 e. The van der Waals surface area contributed by atoms with Gasteiger partial charge in [-0.05, 0) is 55.0 Å². The molecule has 3 aromatic carbocycles. The summed E-state index contributed by atoms with van der Waals surface area (Å²) >= 11 is 0. The molecule has 5 rings (SSSR count). The van der Waals surface area contributed by atoms with Gasteiger partial charge < -0.3 is 4.74 Å². The predicted molar refractivity (Wildman–Crippen MR) is 130 cm³/mol. The van der Waals surface area contributed by atoms with Gasteiger partial charge in [0.25, 0.3) is 0 Å². The van der Waals surface area contributed by atoms with Gasteiger partial charge in [0.1, 0.15) is 5.75 Å². The molecule has 0 fully saturated rings. The lowest BCUT2D eigenvalue weighted by atomic mass is 10.1. The third-order valence-electron chi connectivity index (χ3n) is 4.92. The van der Waals surface area contributed by atoms with Crippen molar-refractivity contribution in [2.75, 3.05) is 7.11 Å². The smallest absolute Gasteiger partial charge is 0.118 e. The van der Waals surface area contributed by atoms with Crippen LogP contribution in [0, 0.1) is 6.92 Å². The highest BCUT2D eigenvalue weighted by atomic mass is 16.5. The molecule has 3 nitrogen and oxygen atoms in total. The number of hydrogen-bond donors (Lipinski definition) is 0. The van der Waals surface area contributed by atoms with Crippen molar-refractivity contribution in [2.24, 2.45) is 0 Å². The second kappa shape index (κ2) is 9.68. The Morgan fingerprint density at radius 2 is 1.23 bits per heavy atom. The van der Waals surface area contributed by atoms with E-state index in [1.54, 1.807) is 7.11 Å². The topological polar surface area (TPSA) is 35.0 Å². The molecule has 0 atom stereocenters. The van der Waals surface area contributed by atoms with Gasteiger partial charge in [0.2, 0.25) is 0 Å². The summed E-state index contributed by atoms with van der Waals surface area (Å²) in [4.78, 5) is 8.99. The van der Waals surface area contributed by atoms with Crippen LogP contribution in [0.2, 0.25) is 0 Å². The third kappa shape index (κ3) is 5.34. The van der Waals surface area contributed by atoms with Gasteiger partial charge in [-0.15, -0.1) is 0 Å². The van der Waals surface area contributed by atoms with Crippen molar-refractivity contribution in [1.82, 2.24) is 9.97 Å². The van der Waals surface area contributed by atoms with Crippen LogP contribution in [0.15, 0.2) is 97.1 Å². The predicted octanol–water partition coefficient (Wildman–Crippen LogP) is 6.96. The van der Waals surface area contributed by atoms with Gasteiger partial charge in [0, 0.05) is 16.5 Å². The average Bonchev–Trinajstić information content (AvgIpc) is 2.83. The Labute approximate surface area is 182 Å². The summed E-state index contributed by atoms with van der Waals surface area (Å²) < 4.78 is 5.14. The van der Waals surface area contributed by atoms with E-state index < -0.39 is 0 Å². The Bertz CT molecular complexity index is 1320. The van der Waals surface area contributed by atoms with Crippen molar-refractivity contribution < 1.29 is 4.74 Å². The van der Waals surface area contributed by atoms with Gasteiger partial charge in [-0.3, -0.25) is 4.98 Å². The third-order valence-corrected chi connectivity index (χ3v) is 4.92. The van der Waals surface area contributed by atoms with Gasteiger partial charge in [0.15, 0.2) is 0 Å². The molecular formula is C28H24N2O. The molecule has 0 spiro atoms. The summed E-state index contributed by atoms with van der Waals surface area (Å²) in [6.45, 7) is 2.01. The number of hydrogen-bond acceptors (Lipinski definition) is 3. The summed E-state index contributed by atoms with van der Waals surface area (Å²) in [5.41, 5.74) is 5.25. The maximum Gasteiger partial charge on any atom is 0.118 e. The van der Waals surface area contributed by atoms with E-state index in [0.29, 0.717) is 0 Å². The monoisotopic (exact) mass is 404 g/mol. The highest BCUT2D eigenvalue weighted by Crippen LogP contribution is 2.16. The molecular weight excluding hydrogens is 380 g/mol. The van der Waals surface area contributed by atoms with Gasteiger partial charge >= 0.3 is 0 Å². The molecule has 0 aliphatic heterocycles. The van der Waals surface area contributed by atoms with Crippen molar-refractivity contribution in [2.45, 2.75) is 6.92 Å². The molecule has 0 radical (unpaired) electrons. The van der Waals surface area contributed by atoms with Crippen LogP contribution in [0.5, 0.6) is 5.75 Å². The quantitative estimate of drug-likeness (QED) is 0.326. The molecule has 0 aliphatic rings. The van der Waals surface area contributed by atoms with Crippen LogP contribution >= 0.6 is 0 Å². The lowest BCUT2D eigenvalue weighted by molar-refractivity contribution is 0.415. The zero-order valence-electron chi connectivity index (χ0n) is 17.7. The van der Waals surface area contributed by atoms with E-state index in [-0.39, 0.29) is 0 Å². The summed E-state index contributed by atoms with van der Waals surface area (Å²) in [7, 11) is 1.67. The van der Waals surface area contributed by atoms with Gasteiger partial charge in [-0.1, -0.05) is 66.7 Å². The first-order valence-corrected chi connectivity index (χ1v) is 10.2. The zero-order chi connectivity index (χ0) is 21.5. The van der Waals surface area contributed by atoms with Crippen molar-refractivity contribution in [3.05, 3.63) is 114 Å². The van der Waals surface area contributed by atoms with Gasteiger partial charge in [-0.25, -0.2) is 4.98 Å². The van der Waals surface area contributed by atoms with Crippen LogP contribution in [0.25, 0.3) is 34.0 Å². The second-order valence-electron chi connectivity index (χ2n) is 7.18. The van der Waals surface area contributed by atoms with E-state index >= 15 is 0 Å². The number of aryl methyl sites for hydroxylation is 1. The minimum atomic E-state index is 0.867. The molecule has 0 aliphatic carbocycles. The SMILES string of the molecule is COc1ccc(C=Cc2ccc3ccccc3n2)cc1.Cc1ccc2ccccc2n1. The molecule has 0 N–H and O–H groups in total. The normalized spacial score (nSPS) is 10.8. The summed E-state index contributed by atoms with van der Waals surface area (Å²) in [5.74, 6) is 0.867. The highest BCUT2D eigenvalue weighted by Gasteiger charge is 1.95. The first-order chi connectivity index (χ1) is 15.2. The van der Waals surface area contributed by atoms with E-state index in [4.69, 9.17) is 4.74 Å². The van der Waals surface area contributed by atoms with Gasteiger partial charge in [0.05, 0.1) is 23.8 Å². The molecule has 0 bridgehead atoms. The van der Waals surface area contributed by atoms with Crippen LogP contribution in [0.3, 0.4) is 0 Å². The lowest BCUT2D eigenvalue weighted by Crippen LogP contribution is -1.83. The standard InChI is InChI=1S/C18H15NO.C10H9N/c1-20-17-12-7-14(8-13-17)6-10-16-11-9-15-4-2-3-5-18(15)19-16;1-8-6-7-9-4-2-3-5-10(9)11-8/h2-13H,1H3;2-7H,1H3. The fourth-order valence-corrected chi connectivity index (χ4v) is 3.24. The van der Waals surface area contributed by atoms with E-state index in [1.165, 1.54) is 5.39 Å². The van der Waals surface area contributed by atoms with E-state index in [1.807, 2.05) is 85.8 Å².